The van der Waals surface area contributed by atoms with Gasteiger partial charge < -0.3 is 9.84 Å². The number of thiazole rings is 1. The molecule has 1 aromatic heterocycles. The molecule has 204 valence electrons. The molecule has 1 N–H and O–H groups in total. The van der Waals surface area contributed by atoms with E-state index in [2.05, 4.69) is 0 Å². The number of nitrogens with zero attached hydrogens (tertiary/aromatic N) is 2. The second-order valence-corrected chi connectivity index (χ2v) is 11.3. The molecule has 0 spiro atoms. The van der Waals surface area contributed by atoms with Gasteiger partial charge in [0.1, 0.15) is 18.1 Å². The van der Waals surface area contributed by atoms with Crippen LogP contribution < -0.4 is 9.64 Å². The number of carbonyl (C=O) groups excluding carboxylic acids is 2. The fourth-order valence-corrected chi connectivity index (χ4v) is 6.36. The molecule has 1 fully saturated rings. The number of fused-ring (bicyclic) bond motifs is 1. The monoisotopic (exact) mass is 560 g/mol. The Labute approximate surface area is 242 Å². The van der Waals surface area contributed by atoms with Crippen molar-refractivity contribution in [1.29, 1.82) is 0 Å². The molecule has 6 rings (SSSR count). The average Bonchev–Trinajstić information content (AvgIpc) is 3.51. The van der Waals surface area contributed by atoms with E-state index in [-0.39, 0.29) is 11.3 Å². The van der Waals surface area contributed by atoms with Crippen LogP contribution in [0.4, 0.5) is 5.13 Å². The van der Waals surface area contributed by atoms with Gasteiger partial charge in [0.25, 0.3) is 5.78 Å². The molecule has 1 aliphatic rings. The predicted octanol–water partition coefficient (Wildman–Crippen LogP) is 7.43. The van der Waals surface area contributed by atoms with Gasteiger partial charge in [-0.2, -0.15) is 0 Å². The van der Waals surface area contributed by atoms with Crippen LogP contribution >= 0.6 is 11.3 Å². The van der Waals surface area contributed by atoms with Crippen molar-refractivity contribution in [1.82, 2.24) is 4.98 Å². The largest absolute Gasteiger partial charge is 0.507 e. The first-order valence-electron chi connectivity index (χ1n) is 13.3. The predicted molar refractivity (Wildman–Crippen MR) is 162 cm³/mol. The summed E-state index contributed by atoms with van der Waals surface area (Å²) in [6.45, 7) is 6.31. The van der Waals surface area contributed by atoms with Gasteiger partial charge >= 0.3 is 5.91 Å². The van der Waals surface area contributed by atoms with Crippen LogP contribution in [0, 0.1) is 20.8 Å². The van der Waals surface area contributed by atoms with E-state index < -0.39 is 17.7 Å². The van der Waals surface area contributed by atoms with E-state index in [1.54, 1.807) is 12.1 Å². The summed E-state index contributed by atoms with van der Waals surface area (Å²) in [5, 5.41) is 11.9. The van der Waals surface area contributed by atoms with Crippen molar-refractivity contribution in [3.63, 3.8) is 0 Å². The Balaban J connectivity index is 1.49. The van der Waals surface area contributed by atoms with E-state index in [9.17, 15) is 14.7 Å². The maximum atomic E-state index is 13.7. The molecular weight excluding hydrogens is 532 g/mol. The van der Waals surface area contributed by atoms with Crippen LogP contribution in [-0.4, -0.2) is 21.8 Å². The van der Waals surface area contributed by atoms with E-state index in [0.29, 0.717) is 28.6 Å². The molecule has 7 heteroatoms. The standard InChI is InChI=1S/C34H28N2O4S/c1-20-12-14-24(15-13-20)31(37)28-30(25-10-7-11-26(18-25)40-19-23-8-5-4-6-9-23)36(33(39)32(28)38)34-35-29-22(3)16-21(2)17-27(29)41-34/h4-18,30,37H,19H2,1-3H3/b31-28+. The van der Waals surface area contributed by atoms with Crippen LogP contribution in [0.5, 0.6) is 5.75 Å². The van der Waals surface area contributed by atoms with Crippen LogP contribution in [0.15, 0.2) is 96.6 Å². The van der Waals surface area contributed by atoms with Crippen LogP contribution in [0.25, 0.3) is 16.0 Å². The number of hydrogen-bond donors (Lipinski definition) is 1. The highest BCUT2D eigenvalue weighted by atomic mass is 32.1. The molecule has 5 aromatic rings. The molecule has 1 amide bonds. The third kappa shape index (κ3) is 5.00. The van der Waals surface area contributed by atoms with Gasteiger partial charge in [0.05, 0.1) is 21.8 Å². The van der Waals surface area contributed by atoms with Gasteiger partial charge in [0.15, 0.2) is 5.13 Å². The lowest BCUT2D eigenvalue weighted by molar-refractivity contribution is -0.132. The maximum absolute atomic E-state index is 13.7. The Morgan fingerprint density at radius 1 is 0.902 bits per heavy atom. The van der Waals surface area contributed by atoms with Gasteiger partial charge in [-0.15, -0.1) is 0 Å². The second kappa shape index (κ2) is 10.7. The van der Waals surface area contributed by atoms with Crippen molar-refractivity contribution in [3.05, 3.63) is 130 Å². The molecule has 0 radical (unpaired) electrons. The zero-order chi connectivity index (χ0) is 28.7. The molecule has 1 saturated heterocycles. The Morgan fingerprint density at radius 2 is 1.66 bits per heavy atom. The van der Waals surface area contributed by atoms with E-state index in [1.807, 2.05) is 99.6 Å². The molecule has 6 nitrogen and oxygen atoms in total. The molecule has 0 saturated carbocycles. The Bertz CT molecular complexity index is 1820. The smallest absolute Gasteiger partial charge is 0.301 e. The summed E-state index contributed by atoms with van der Waals surface area (Å²) in [4.78, 5) is 33.5. The highest BCUT2D eigenvalue weighted by Crippen LogP contribution is 2.45. The number of carbonyl (C=O) groups is 2. The van der Waals surface area contributed by atoms with E-state index >= 15 is 0 Å². The summed E-state index contributed by atoms with van der Waals surface area (Å²) in [7, 11) is 0. The number of hydrogen-bond acceptors (Lipinski definition) is 6. The highest BCUT2D eigenvalue weighted by Gasteiger charge is 2.48. The number of aryl methyl sites for hydroxylation is 3. The summed E-state index contributed by atoms with van der Waals surface area (Å²) in [5.74, 6) is -1.12. The zero-order valence-corrected chi connectivity index (χ0v) is 23.7. The van der Waals surface area contributed by atoms with Crippen LogP contribution in [0.2, 0.25) is 0 Å². The molecule has 1 unspecified atom stereocenters. The molecule has 1 atom stereocenters. The van der Waals surface area contributed by atoms with Gasteiger partial charge in [0, 0.05) is 5.56 Å². The fourth-order valence-electron chi connectivity index (χ4n) is 5.19. The van der Waals surface area contributed by atoms with Crippen molar-refractivity contribution >= 4 is 44.1 Å². The Morgan fingerprint density at radius 3 is 2.41 bits per heavy atom. The van der Waals surface area contributed by atoms with Gasteiger partial charge in [-0.3, -0.25) is 14.5 Å². The van der Waals surface area contributed by atoms with Crippen LogP contribution in [-0.2, 0) is 16.2 Å². The minimum Gasteiger partial charge on any atom is -0.507 e. The van der Waals surface area contributed by atoms with E-state index in [4.69, 9.17) is 9.72 Å². The lowest BCUT2D eigenvalue weighted by Crippen LogP contribution is -2.29. The summed E-state index contributed by atoms with van der Waals surface area (Å²) < 4.78 is 7.00. The number of ether oxygens (including phenoxy) is 1. The first-order valence-corrected chi connectivity index (χ1v) is 14.1. The third-order valence-electron chi connectivity index (χ3n) is 7.22. The Hall–Kier alpha value is -4.75. The van der Waals surface area contributed by atoms with E-state index in [1.165, 1.54) is 16.2 Å². The van der Waals surface area contributed by atoms with Crippen molar-refractivity contribution in [2.24, 2.45) is 0 Å². The summed E-state index contributed by atoms with van der Waals surface area (Å²) in [6, 6.07) is 27.5. The lowest BCUT2D eigenvalue weighted by atomic mass is 9.95. The van der Waals surface area contributed by atoms with Gasteiger partial charge in [-0.25, -0.2) is 4.98 Å². The molecule has 41 heavy (non-hydrogen) atoms. The van der Waals surface area contributed by atoms with Crippen molar-refractivity contribution in [2.45, 2.75) is 33.4 Å². The number of aliphatic hydroxyl groups excluding tert-OH is 1. The zero-order valence-electron chi connectivity index (χ0n) is 22.9. The molecule has 4 aromatic carbocycles. The maximum Gasteiger partial charge on any atom is 0.301 e. The van der Waals surface area contributed by atoms with Crippen molar-refractivity contribution in [3.8, 4) is 5.75 Å². The van der Waals surface area contributed by atoms with Crippen LogP contribution in [0.1, 0.15) is 39.4 Å². The number of amides is 1. The van der Waals surface area contributed by atoms with Crippen LogP contribution in [0.3, 0.4) is 0 Å². The summed E-state index contributed by atoms with van der Waals surface area (Å²) in [5.41, 5.74) is 6.02. The minimum absolute atomic E-state index is 0.0196. The fraction of sp³-hybridized carbons (Fsp3) is 0.147. The molecule has 1 aliphatic heterocycles. The average molecular weight is 561 g/mol. The highest BCUT2D eigenvalue weighted by molar-refractivity contribution is 7.22. The van der Waals surface area contributed by atoms with E-state index in [0.717, 1.165) is 32.5 Å². The lowest BCUT2D eigenvalue weighted by Gasteiger charge is -2.23. The number of Topliss-reactive ketones (excluding diaryl/α,β-unsaturated/α-hetero) is 1. The first kappa shape index (κ1) is 26.5. The first-order chi connectivity index (χ1) is 19.8. The summed E-state index contributed by atoms with van der Waals surface area (Å²) >= 11 is 1.36. The number of aliphatic hydroxyl groups is 1. The van der Waals surface area contributed by atoms with Gasteiger partial charge in [-0.05, 0) is 61.2 Å². The quantitative estimate of drug-likeness (QED) is 0.133. The molecule has 0 bridgehead atoms. The topological polar surface area (TPSA) is 79.7 Å². The van der Waals surface area contributed by atoms with Gasteiger partial charge in [0.2, 0.25) is 0 Å². The second-order valence-electron chi connectivity index (χ2n) is 10.3. The van der Waals surface area contributed by atoms with Crippen molar-refractivity contribution in [2.75, 3.05) is 4.90 Å². The normalized spacial score (nSPS) is 16.5. The van der Waals surface area contributed by atoms with Gasteiger partial charge in [-0.1, -0.05) is 89.7 Å². The van der Waals surface area contributed by atoms with Crippen molar-refractivity contribution < 1.29 is 19.4 Å². The Kier molecular flexibility index (Phi) is 6.89. The number of anilines is 1. The summed E-state index contributed by atoms with van der Waals surface area (Å²) in [6.07, 6.45) is 0. The number of rotatable bonds is 6. The SMILES string of the molecule is Cc1ccc(/C(O)=C2\C(=O)C(=O)N(c3nc4c(C)cc(C)cc4s3)C2c2cccc(OCc3ccccc3)c2)cc1. The number of ketones is 1. The molecule has 2 heterocycles. The minimum atomic E-state index is -0.890. The number of benzene rings is 4. The molecule has 0 aliphatic carbocycles. The molecular formula is C34H28N2O4S. The number of aromatic nitrogens is 1. The third-order valence-corrected chi connectivity index (χ3v) is 8.22.